The first kappa shape index (κ1) is 28.3. The highest BCUT2D eigenvalue weighted by Crippen LogP contribution is 2.31. The molecule has 2 aromatic rings. The van der Waals surface area contributed by atoms with Crippen LogP contribution in [0.1, 0.15) is 17.5 Å². The second-order valence-corrected chi connectivity index (χ2v) is 9.89. The Morgan fingerprint density at radius 2 is 1.56 bits per heavy atom. The lowest BCUT2D eigenvalue weighted by molar-refractivity contribution is -0.140. The van der Waals surface area contributed by atoms with Gasteiger partial charge in [0.05, 0.1) is 25.4 Å². The summed E-state index contributed by atoms with van der Waals surface area (Å²) in [5, 5.41) is 36.6. The first-order chi connectivity index (χ1) is 18.7. The average Bonchev–Trinajstić information content (AvgIpc) is 2.94. The quantitative estimate of drug-likeness (QED) is 0.246. The number of carbonyl (C=O) groups is 3. The zero-order valence-electron chi connectivity index (χ0n) is 21.5. The molecule has 2 aliphatic rings. The smallest absolute Gasteiger partial charge is 0.245 e. The first-order valence-corrected chi connectivity index (χ1v) is 12.9. The van der Waals surface area contributed by atoms with Crippen molar-refractivity contribution in [3.63, 3.8) is 0 Å². The number of hydrogen-bond donors (Lipinski definition) is 7. The third-order valence-electron chi connectivity index (χ3n) is 7.04. The summed E-state index contributed by atoms with van der Waals surface area (Å²) in [5.74, 6) is -1.85. The number of benzene rings is 2. The predicted octanol–water partition coefficient (Wildman–Crippen LogP) is -1.27. The number of aliphatic hydroxyl groups is 1. The van der Waals surface area contributed by atoms with Crippen LogP contribution in [0.15, 0.2) is 36.4 Å². The zero-order chi connectivity index (χ0) is 28.1. The SMILES string of the molecule is NC[C@H](O)C[C@H]1NC(=O)[C@H](N)Cc2cc(ccc2O)-c2ccc(O)c(c2)C[C@H](C(=O)N2CCOCC2)NC1=O. The van der Waals surface area contributed by atoms with Crippen LogP contribution in [0.5, 0.6) is 11.5 Å². The number of nitrogens with zero attached hydrogens (tertiary/aromatic N) is 1. The molecule has 12 heteroatoms. The van der Waals surface area contributed by atoms with Crippen LogP contribution >= 0.6 is 0 Å². The van der Waals surface area contributed by atoms with Gasteiger partial charge < -0.3 is 47.1 Å². The third-order valence-corrected chi connectivity index (χ3v) is 7.04. The molecule has 12 nitrogen and oxygen atoms in total. The molecule has 4 bridgehead atoms. The van der Waals surface area contributed by atoms with Crippen LogP contribution in [-0.2, 0) is 32.0 Å². The van der Waals surface area contributed by atoms with Crippen LogP contribution < -0.4 is 22.1 Å². The molecule has 2 aliphatic heterocycles. The number of fused-ring (bicyclic) bond motifs is 5. The van der Waals surface area contributed by atoms with Gasteiger partial charge in [0.1, 0.15) is 23.6 Å². The molecule has 0 aliphatic carbocycles. The number of nitrogens with two attached hydrogens (primary N) is 2. The number of aromatic hydroxyl groups is 2. The number of aliphatic hydroxyl groups excluding tert-OH is 1. The van der Waals surface area contributed by atoms with E-state index in [0.29, 0.717) is 48.6 Å². The maximum absolute atomic E-state index is 13.6. The van der Waals surface area contributed by atoms with Crippen molar-refractivity contribution < 1.29 is 34.4 Å². The van der Waals surface area contributed by atoms with Crippen LogP contribution in [0.4, 0.5) is 0 Å². The first-order valence-electron chi connectivity index (χ1n) is 12.9. The van der Waals surface area contributed by atoms with Crippen molar-refractivity contribution in [2.75, 3.05) is 32.8 Å². The number of morpholine rings is 1. The Labute approximate surface area is 225 Å². The fourth-order valence-electron chi connectivity index (χ4n) is 4.76. The highest BCUT2D eigenvalue weighted by atomic mass is 16.5. The van der Waals surface area contributed by atoms with Gasteiger partial charge in [0.25, 0.3) is 0 Å². The fourth-order valence-corrected chi connectivity index (χ4v) is 4.76. The fraction of sp³-hybridized carbons (Fsp3) is 0.444. The van der Waals surface area contributed by atoms with E-state index in [9.17, 15) is 29.7 Å². The monoisotopic (exact) mass is 541 g/mol. The number of hydrogen-bond acceptors (Lipinski definition) is 9. The van der Waals surface area contributed by atoms with Gasteiger partial charge in [0, 0.05) is 38.9 Å². The van der Waals surface area contributed by atoms with Crippen molar-refractivity contribution in [2.45, 2.75) is 43.5 Å². The molecule has 4 rings (SSSR count). The lowest BCUT2D eigenvalue weighted by Gasteiger charge is -2.32. The van der Waals surface area contributed by atoms with Crippen LogP contribution in [0.25, 0.3) is 11.1 Å². The predicted molar refractivity (Wildman–Crippen MR) is 142 cm³/mol. The Morgan fingerprint density at radius 1 is 0.974 bits per heavy atom. The summed E-state index contributed by atoms with van der Waals surface area (Å²) in [6.45, 7) is 1.25. The number of nitrogens with one attached hydrogen (secondary N) is 2. The van der Waals surface area contributed by atoms with Crippen molar-refractivity contribution in [3.05, 3.63) is 47.5 Å². The summed E-state index contributed by atoms with van der Waals surface area (Å²) in [6.07, 6.45) is -1.37. The van der Waals surface area contributed by atoms with Gasteiger partial charge in [-0.3, -0.25) is 14.4 Å². The molecule has 0 saturated carbocycles. The normalized spacial score (nSPS) is 23.2. The molecular formula is C27H35N5O7. The second-order valence-electron chi connectivity index (χ2n) is 9.89. The Balaban J connectivity index is 1.78. The Bertz CT molecular complexity index is 1220. The highest BCUT2D eigenvalue weighted by Gasteiger charge is 2.33. The van der Waals surface area contributed by atoms with Gasteiger partial charge in [-0.2, -0.15) is 0 Å². The van der Waals surface area contributed by atoms with E-state index < -0.39 is 36.0 Å². The second kappa shape index (κ2) is 12.4. The summed E-state index contributed by atoms with van der Waals surface area (Å²) in [4.78, 5) is 41.6. The van der Waals surface area contributed by atoms with Crippen LogP contribution in [-0.4, -0.2) is 95.0 Å². The van der Waals surface area contributed by atoms with Crippen LogP contribution in [0, 0.1) is 0 Å². The van der Waals surface area contributed by atoms with E-state index in [1.165, 1.54) is 12.1 Å². The van der Waals surface area contributed by atoms with Crippen molar-refractivity contribution in [2.24, 2.45) is 11.5 Å². The minimum atomic E-state index is -1.24. The molecule has 39 heavy (non-hydrogen) atoms. The van der Waals surface area contributed by atoms with Gasteiger partial charge in [-0.05, 0) is 46.5 Å². The number of carbonyl (C=O) groups excluding carboxylic acids is 3. The molecule has 4 atom stereocenters. The molecule has 0 aromatic heterocycles. The molecule has 0 spiro atoms. The van der Waals surface area contributed by atoms with E-state index in [0.717, 1.165) is 0 Å². The lowest BCUT2D eigenvalue weighted by Crippen LogP contribution is -2.58. The van der Waals surface area contributed by atoms with Crippen molar-refractivity contribution in [3.8, 4) is 22.6 Å². The van der Waals surface area contributed by atoms with Gasteiger partial charge in [-0.25, -0.2) is 0 Å². The van der Waals surface area contributed by atoms with Gasteiger partial charge in [-0.1, -0.05) is 12.1 Å². The highest BCUT2D eigenvalue weighted by molar-refractivity contribution is 5.93. The summed E-state index contributed by atoms with van der Waals surface area (Å²) >= 11 is 0. The summed E-state index contributed by atoms with van der Waals surface area (Å²) in [6, 6.07) is 6.36. The van der Waals surface area contributed by atoms with E-state index in [-0.39, 0.29) is 43.2 Å². The van der Waals surface area contributed by atoms with Crippen molar-refractivity contribution >= 4 is 17.7 Å². The molecule has 2 aromatic carbocycles. The van der Waals surface area contributed by atoms with E-state index >= 15 is 0 Å². The minimum absolute atomic E-state index is 0.0254. The molecular weight excluding hydrogens is 506 g/mol. The van der Waals surface area contributed by atoms with E-state index in [4.69, 9.17) is 16.2 Å². The molecule has 0 unspecified atom stereocenters. The molecule has 1 saturated heterocycles. The standard InChI is InChI=1S/C27H35N5O7/c28-14-19(33)13-21-26(37)31-22(27(38)32-5-7-39-8-6-32)12-18-10-16(2-4-24(18)35)15-1-3-23(34)17(9-15)11-20(29)25(36)30-21/h1-4,9-10,19-22,33-35H,5-8,11-14,28-29H2,(H,30,36)(H,31,37)/t19-,20-,21-,22-/m1/s1. The summed E-state index contributed by atoms with van der Waals surface area (Å²) in [7, 11) is 0. The van der Waals surface area contributed by atoms with Crippen molar-refractivity contribution in [1.82, 2.24) is 15.5 Å². The van der Waals surface area contributed by atoms with Crippen LogP contribution in [0.3, 0.4) is 0 Å². The average molecular weight is 542 g/mol. The summed E-state index contributed by atoms with van der Waals surface area (Å²) in [5.41, 5.74) is 13.9. The molecule has 3 amide bonds. The molecule has 9 N–H and O–H groups in total. The maximum Gasteiger partial charge on any atom is 0.245 e. The van der Waals surface area contributed by atoms with Gasteiger partial charge in [0.2, 0.25) is 17.7 Å². The van der Waals surface area contributed by atoms with Gasteiger partial charge in [0.15, 0.2) is 0 Å². The maximum atomic E-state index is 13.6. The molecule has 1 fully saturated rings. The Morgan fingerprint density at radius 3 is 2.15 bits per heavy atom. The van der Waals surface area contributed by atoms with Gasteiger partial charge in [-0.15, -0.1) is 0 Å². The van der Waals surface area contributed by atoms with Crippen LogP contribution in [0.2, 0.25) is 0 Å². The number of amides is 3. The van der Waals surface area contributed by atoms with E-state index in [1.807, 2.05) is 0 Å². The zero-order valence-corrected chi connectivity index (χ0v) is 21.5. The number of ether oxygens (including phenoxy) is 1. The minimum Gasteiger partial charge on any atom is -0.508 e. The lowest BCUT2D eigenvalue weighted by atomic mass is 9.95. The Kier molecular flexibility index (Phi) is 9.02. The number of phenolic OH excluding ortho intramolecular Hbond substituents is 2. The summed E-state index contributed by atoms with van der Waals surface area (Å²) < 4.78 is 5.35. The van der Waals surface area contributed by atoms with E-state index in [1.54, 1.807) is 29.2 Å². The Hall–Kier alpha value is -3.71. The molecule has 0 radical (unpaired) electrons. The molecule has 2 heterocycles. The third kappa shape index (κ3) is 6.84. The van der Waals surface area contributed by atoms with E-state index in [2.05, 4.69) is 10.6 Å². The number of rotatable bonds is 4. The topological polar surface area (TPSA) is 200 Å². The molecule has 210 valence electrons. The number of phenols is 2. The van der Waals surface area contributed by atoms with Crippen molar-refractivity contribution in [1.29, 1.82) is 0 Å². The van der Waals surface area contributed by atoms with Gasteiger partial charge >= 0.3 is 0 Å². The largest absolute Gasteiger partial charge is 0.508 e.